The number of carboxylic acid groups (broad SMARTS) is 1. The Hall–Kier alpha value is -1.03. The zero-order valence-corrected chi connectivity index (χ0v) is 11.4. The molecule has 92 valence electrons. The number of aryl methyl sites for hydroxylation is 1. The summed E-state index contributed by atoms with van der Waals surface area (Å²) in [5.74, 6) is -0.921. The Morgan fingerprint density at radius 2 is 2.29 bits per heavy atom. The summed E-state index contributed by atoms with van der Waals surface area (Å²) in [4.78, 5) is 13.2. The standard InChI is InChI=1S/C13H16BrNO2/c1-9-4-5-12(11(14)7-9)15-6-2-3-10(8-15)13(16)17/h4-5,7,10H,2-3,6,8H2,1H3,(H,16,17). The van der Waals surface area contributed by atoms with Crippen molar-refractivity contribution in [1.82, 2.24) is 0 Å². The first kappa shape index (κ1) is 12.4. The smallest absolute Gasteiger partial charge is 0.308 e. The molecule has 1 N–H and O–H groups in total. The van der Waals surface area contributed by atoms with Crippen LogP contribution in [-0.2, 0) is 4.79 Å². The highest BCUT2D eigenvalue weighted by Gasteiger charge is 2.26. The Morgan fingerprint density at radius 1 is 1.53 bits per heavy atom. The van der Waals surface area contributed by atoms with Gasteiger partial charge in [0, 0.05) is 17.6 Å². The van der Waals surface area contributed by atoms with Gasteiger partial charge in [-0.3, -0.25) is 4.79 Å². The zero-order chi connectivity index (χ0) is 12.4. The zero-order valence-electron chi connectivity index (χ0n) is 9.82. The van der Waals surface area contributed by atoms with E-state index < -0.39 is 5.97 Å². The maximum absolute atomic E-state index is 11.0. The van der Waals surface area contributed by atoms with Crippen LogP contribution in [0.1, 0.15) is 18.4 Å². The van der Waals surface area contributed by atoms with Crippen molar-refractivity contribution < 1.29 is 9.90 Å². The first-order valence-corrected chi connectivity index (χ1v) is 6.61. The van der Waals surface area contributed by atoms with Gasteiger partial charge in [0.2, 0.25) is 0 Å². The normalized spacial score (nSPS) is 20.4. The summed E-state index contributed by atoms with van der Waals surface area (Å²) in [6.45, 7) is 3.59. The van der Waals surface area contributed by atoms with E-state index in [1.807, 2.05) is 6.92 Å². The predicted octanol–water partition coefficient (Wildman–Crippen LogP) is 3.06. The van der Waals surface area contributed by atoms with E-state index in [0.717, 1.165) is 29.5 Å². The minimum atomic E-state index is -0.682. The average Bonchev–Trinajstić information content (AvgIpc) is 2.29. The van der Waals surface area contributed by atoms with E-state index in [-0.39, 0.29) is 5.92 Å². The first-order chi connectivity index (χ1) is 8.08. The summed E-state index contributed by atoms with van der Waals surface area (Å²) in [5, 5.41) is 9.08. The number of carboxylic acids is 1. The number of nitrogens with zero attached hydrogens (tertiary/aromatic N) is 1. The monoisotopic (exact) mass is 297 g/mol. The number of benzene rings is 1. The minimum absolute atomic E-state index is 0.239. The molecule has 17 heavy (non-hydrogen) atoms. The lowest BCUT2D eigenvalue weighted by Gasteiger charge is -2.33. The van der Waals surface area contributed by atoms with Crippen LogP contribution >= 0.6 is 15.9 Å². The van der Waals surface area contributed by atoms with Gasteiger partial charge < -0.3 is 10.0 Å². The van der Waals surface area contributed by atoms with Crippen LogP contribution in [0.15, 0.2) is 22.7 Å². The van der Waals surface area contributed by atoms with Gasteiger partial charge in [0.1, 0.15) is 0 Å². The predicted molar refractivity (Wildman–Crippen MR) is 71.5 cm³/mol. The molecule has 1 aliphatic rings. The number of halogens is 1. The maximum Gasteiger partial charge on any atom is 0.308 e. The summed E-state index contributed by atoms with van der Waals surface area (Å²) in [6, 6.07) is 6.19. The van der Waals surface area contributed by atoms with Gasteiger partial charge in [-0.15, -0.1) is 0 Å². The molecule has 1 aromatic rings. The number of piperidine rings is 1. The van der Waals surface area contributed by atoms with E-state index in [4.69, 9.17) is 5.11 Å². The Kier molecular flexibility index (Phi) is 3.72. The van der Waals surface area contributed by atoms with Crippen molar-refractivity contribution in [2.45, 2.75) is 19.8 Å². The molecule has 1 saturated heterocycles. The van der Waals surface area contributed by atoms with Crippen LogP contribution < -0.4 is 4.90 Å². The fourth-order valence-corrected chi connectivity index (χ4v) is 3.01. The molecule has 1 aliphatic heterocycles. The topological polar surface area (TPSA) is 40.5 Å². The van der Waals surface area contributed by atoms with Crippen molar-refractivity contribution in [3.05, 3.63) is 28.2 Å². The van der Waals surface area contributed by atoms with Crippen LogP contribution in [-0.4, -0.2) is 24.2 Å². The van der Waals surface area contributed by atoms with Gasteiger partial charge in [-0.1, -0.05) is 6.07 Å². The Morgan fingerprint density at radius 3 is 2.94 bits per heavy atom. The molecule has 1 fully saturated rings. The molecular weight excluding hydrogens is 282 g/mol. The van der Waals surface area contributed by atoms with Gasteiger partial charge in [-0.05, 0) is 53.4 Å². The van der Waals surface area contributed by atoms with Crippen molar-refractivity contribution in [3.63, 3.8) is 0 Å². The quantitative estimate of drug-likeness (QED) is 0.912. The number of hydrogen-bond donors (Lipinski definition) is 1. The minimum Gasteiger partial charge on any atom is -0.481 e. The molecule has 0 spiro atoms. The van der Waals surface area contributed by atoms with Gasteiger partial charge in [-0.2, -0.15) is 0 Å². The van der Waals surface area contributed by atoms with Crippen molar-refractivity contribution in [1.29, 1.82) is 0 Å². The third-order valence-corrected chi connectivity index (χ3v) is 3.85. The molecule has 0 radical (unpaired) electrons. The first-order valence-electron chi connectivity index (χ1n) is 5.82. The van der Waals surface area contributed by atoms with Crippen LogP contribution in [0, 0.1) is 12.8 Å². The van der Waals surface area contributed by atoms with Crippen molar-refractivity contribution >= 4 is 27.6 Å². The lowest BCUT2D eigenvalue weighted by molar-refractivity contribution is -0.141. The molecule has 4 heteroatoms. The molecule has 0 amide bonds. The number of hydrogen-bond acceptors (Lipinski definition) is 2. The van der Waals surface area contributed by atoms with Crippen molar-refractivity contribution in [3.8, 4) is 0 Å². The second-order valence-electron chi connectivity index (χ2n) is 4.58. The molecule has 1 heterocycles. The van der Waals surface area contributed by atoms with Gasteiger partial charge >= 0.3 is 5.97 Å². The van der Waals surface area contributed by atoms with Crippen molar-refractivity contribution in [2.24, 2.45) is 5.92 Å². The largest absolute Gasteiger partial charge is 0.481 e. The van der Waals surface area contributed by atoms with Crippen LogP contribution in [0.3, 0.4) is 0 Å². The summed E-state index contributed by atoms with van der Waals surface area (Å²) >= 11 is 3.55. The molecule has 0 bridgehead atoms. The third kappa shape index (κ3) is 2.80. The molecule has 3 nitrogen and oxygen atoms in total. The van der Waals surface area contributed by atoms with Crippen LogP contribution in [0.2, 0.25) is 0 Å². The summed E-state index contributed by atoms with van der Waals surface area (Å²) in [6.07, 6.45) is 1.73. The number of carbonyl (C=O) groups is 1. The van der Waals surface area contributed by atoms with Crippen LogP contribution in [0.4, 0.5) is 5.69 Å². The fourth-order valence-electron chi connectivity index (χ4n) is 2.27. The Bertz CT molecular complexity index is 433. The van der Waals surface area contributed by atoms with E-state index in [1.54, 1.807) is 0 Å². The highest BCUT2D eigenvalue weighted by atomic mass is 79.9. The second kappa shape index (κ2) is 5.08. The molecule has 2 rings (SSSR count). The molecule has 0 aromatic heterocycles. The fraction of sp³-hybridized carbons (Fsp3) is 0.462. The molecule has 1 aromatic carbocycles. The highest BCUT2D eigenvalue weighted by molar-refractivity contribution is 9.10. The number of aliphatic carboxylic acids is 1. The third-order valence-electron chi connectivity index (χ3n) is 3.21. The second-order valence-corrected chi connectivity index (χ2v) is 5.43. The van der Waals surface area contributed by atoms with E-state index >= 15 is 0 Å². The molecule has 1 unspecified atom stereocenters. The molecule has 1 atom stereocenters. The van der Waals surface area contributed by atoms with Gasteiger partial charge in [-0.25, -0.2) is 0 Å². The highest BCUT2D eigenvalue weighted by Crippen LogP contribution is 2.30. The molecular formula is C13H16BrNO2. The van der Waals surface area contributed by atoms with Gasteiger partial charge in [0.05, 0.1) is 11.6 Å². The molecule has 0 aliphatic carbocycles. The van der Waals surface area contributed by atoms with Crippen LogP contribution in [0.25, 0.3) is 0 Å². The van der Waals surface area contributed by atoms with Crippen LogP contribution in [0.5, 0.6) is 0 Å². The van der Waals surface area contributed by atoms with E-state index in [1.165, 1.54) is 5.56 Å². The van der Waals surface area contributed by atoms with Gasteiger partial charge in [0.15, 0.2) is 0 Å². The summed E-state index contributed by atoms with van der Waals surface area (Å²) < 4.78 is 1.04. The maximum atomic E-state index is 11.0. The average molecular weight is 298 g/mol. The lowest BCUT2D eigenvalue weighted by Crippen LogP contribution is -2.38. The summed E-state index contributed by atoms with van der Waals surface area (Å²) in [5.41, 5.74) is 2.30. The Labute approximate surface area is 110 Å². The van der Waals surface area contributed by atoms with Gasteiger partial charge in [0.25, 0.3) is 0 Å². The SMILES string of the molecule is Cc1ccc(N2CCCC(C(=O)O)C2)c(Br)c1. The number of anilines is 1. The van der Waals surface area contributed by atoms with E-state index in [2.05, 4.69) is 39.0 Å². The van der Waals surface area contributed by atoms with E-state index in [9.17, 15) is 4.79 Å². The lowest BCUT2D eigenvalue weighted by atomic mass is 9.98. The van der Waals surface area contributed by atoms with Crippen molar-refractivity contribution in [2.75, 3.05) is 18.0 Å². The Balaban J connectivity index is 2.19. The molecule has 0 saturated carbocycles. The summed E-state index contributed by atoms with van der Waals surface area (Å²) in [7, 11) is 0. The number of rotatable bonds is 2. The van der Waals surface area contributed by atoms with E-state index in [0.29, 0.717) is 6.54 Å².